The van der Waals surface area contributed by atoms with Gasteiger partial charge in [0.2, 0.25) is 0 Å². The first-order chi connectivity index (χ1) is 8.63. The SMILES string of the molecule is CCCN(CCO)C(=O)c1cc(Br)cnc1NC. The first-order valence-corrected chi connectivity index (χ1v) is 6.66. The monoisotopic (exact) mass is 315 g/mol. The number of carbonyl (C=O) groups is 1. The molecule has 0 spiro atoms. The van der Waals surface area contributed by atoms with E-state index in [1.807, 2.05) is 6.92 Å². The Balaban J connectivity index is 3.02. The summed E-state index contributed by atoms with van der Waals surface area (Å²) >= 11 is 3.31. The van der Waals surface area contributed by atoms with E-state index < -0.39 is 0 Å². The number of aliphatic hydroxyl groups is 1. The molecule has 0 aliphatic rings. The van der Waals surface area contributed by atoms with Gasteiger partial charge in [-0.2, -0.15) is 0 Å². The van der Waals surface area contributed by atoms with Crippen molar-refractivity contribution in [2.24, 2.45) is 0 Å². The number of pyridine rings is 1. The lowest BCUT2D eigenvalue weighted by Gasteiger charge is -2.22. The molecule has 5 nitrogen and oxygen atoms in total. The predicted molar refractivity (Wildman–Crippen MR) is 74.8 cm³/mol. The van der Waals surface area contributed by atoms with Crippen molar-refractivity contribution in [1.82, 2.24) is 9.88 Å². The van der Waals surface area contributed by atoms with E-state index in [1.165, 1.54) is 0 Å². The molecule has 0 fully saturated rings. The predicted octanol–water partition coefficient (Wildman–Crippen LogP) is 1.73. The molecule has 1 rings (SSSR count). The highest BCUT2D eigenvalue weighted by Gasteiger charge is 2.18. The maximum Gasteiger partial charge on any atom is 0.257 e. The third-order valence-electron chi connectivity index (χ3n) is 2.47. The third kappa shape index (κ3) is 3.68. The van der Waals surface area contributed by atoms with Gasteiger partial charge in [-0.05, 0) is 28.4 Å². The number of amides is 1. The molecule has 0 radical (unpaired) electrons. The molecule has 0 aromatic carbocycles. The number of rotatable bonds is 6. The van der Waals surface area contributed by atoms with Crippen LogP contribution in [0.25, 0.3) is 0 Å². The van der Waals surface area contributed by atoms with E-state index in [4.69, 9.17) is 5.11 Å². The summed E-state index contributed by atoms with van der Waals surface area (Å²) in [6, 6.07) is 1.74. The van der Waals surface area contributed by atoms with Gasteiger partial charge in [0.05, 0.1) is 12.2 Å². The van der Waals surface area contributed by atoms with E-state index in [2.05, 4.69) is 26.2 Å². The minimum atomic E-state index is -0.121. The smallest absolute Gasteiger partial charge is 0.257 e. The maximum absolute atomic E-state index is 12.4. The molecular formula is C12H18BrN3O2. The number of carbonyl (C=O) groups excluding carboxylic acids is 1. The first kappa shape index (κ1) is 14.9. The van der Waals surface area contributed by atoms with Crippen molar-refractivity contribution in [3.8, 4) is 0 Å². The zero-order valence-electron chi connectivity index (χ0n) is 10.6. The summed E-state index contributed by atoms with van der Waals surface area (Å²) in [5.74, 6) is 0.422. The van der Waals surface area contributed by atoms with E-state index >= 15 is 0 Å². The Labute approximate surface area is 115 Å². The Bertz CT molecular complexity index is 406. The minimum Gasteiger partial charge on any atom is -0.395 e. The number of halogens is 1. The second-order valence-corrected chi connectivity index (χ2v) is 4.73. The average Bonchev–Trinajstić information content (AvgIpc) is 2.37. The molecule has 1 aromatic rings. The summed E-state index contributed by atoms with van der Waals surface area (Å²) in [4.78, 5) is 18.2. The highest BCUT2D eigenvalue weighted by Crippen LogP contribution is 2.19. The summed E-state index contributed by atoms with van der Waals surface area (Å²) < 4.78 is 0.755. The Morgan fingerprint density at radius 1 is 1.56 bits per heavy atom. The highest BCUT2D eigenvalue weighted by molar-refractivity contribution is 9.10. The Morgan fingerprint density at radius 3 is 2.83 bits per heavy atom. The molecule has 0 unspecified atom stereocenters. The van der Waals surface area contributed by atoms with E-state index in [9.17, 15) is 4.79 Å². The van der Waals surface area contributed by atoms with E-state index in [0.29, 0.717) is 24.5 Å². The Hall–Kier alpha value is -1.14. The van der Waals surface area contributed by atoms with Crippen LogP contribution in [0.5, 0.6) is 0 Å². The minimum absolute atomic E-state index is 0.0396. The van der Waals surface area contributed by atoms with Gasteiger partial charge in [-0.3, -0.25) is 4.79 Å². The van der Waals surface area contributed by atoms with Crippen molar-refractivity contribution in [3.05, 3.63) is 22.3 Å². The summed E-state index contributed by atoms with van der Waals surface area (Å²) in [6.45, 7) is 2.91. The van der Waals surface area contributed by atoms with Crippen molar-refractivity contribution in [2.75, 3.05) is 32.1 Å². The van der Waals surface area contributed by atoms with Gasteiger partial charge in [0.1, 0.15) is 5.82 Å². The fraction of sp³-hybridized carbons (Fsp3) is 0.500. The van der Waals surface area contributed by atoms with Crippen LogP contribution < -0.4 is 5.32 Å². The second kappa shape index (κ2) is 7.33. The van der Waals surface area contributed by atoms with Crippen LogP contribution in [0.4, 0.5) is 5.82 Å². The fourth-order valence-corrected chi connectivity index (χ4v) is 2.01. The number of aliphatic hydroxyl groups excluding tert-OH is 1. The largest absolute Gasteiger partial charge is 0.395 e. The van der Waals surface area contributed by atoms with Gasteiger partial charge in [-0.25, -0.2) is 4.98 Å². The first-order valence-electron chi connectivity index (χ1n) is 5.87. The molecule has 2 N–H and O–H groups in total. The molecule has 0 saturated carbocycles. The van der Waals surface area contributed by atoms with Crippen LogP contribution in [-0.2, 0) is 0 Å². The lowest BCUT2D eigenvalue weighted by atomic mass is 10.2. The van der Waals surface area contributed by atoms with Gasteiger partial charge in [0.15, 0.2) is 0 Å². The number of hydrogen-bond donors (Lipinski definition) is 2. The molecule has 0 aliphatic carbocycles. The van der Waals surface area contributed by atoms with Crippen LogP contribution in [0.15, 0.2) is 16.7 Å². The Kier molecular flexibility index (Phi) is 6.07. The van der Waals surface area contributed by atoms with Gasteiger partial charge in [-0.1, -0.05) is 6.92 Å². The number of anilines is 1. The molecule has 1 heterocycles. The van der Waals surface area contributed by atoms with Crippen LogP contribution in [0.3, 0.4) is 0 Å². The van der Waals surface area contributed by atoms with Crippen LogP contribution in [0, 0.1) is 0 Å². The molecule has 1 aromatic heterocycles. The van der Waals surface area contributed by atoms with E-state index in [-0.39, 0.29) is 12.5 Å². The van der Waals surface area contributed by atoms with Gasteiger partial charge in [-0.15, -0.1) is 0 Å². The van der Waals surface area contributed by atoms with Crippen LogP contribution in [0.1, 0.15) is 23.7 Å². The molecule has 18 heavy (non-hydrogen) atoms. The zero-order chi connectivity index (χ0) is 13.5. The number of hydrogen-bond acceptors (Lipinski definition) is 4. The average molecular weight is 316 g/mol. The molecular weight excluding hydrogens is 298 g/mol. The van der Waals surface area contributed by atoms with E-state index in [1.54, 1.807) is 24.2 Å². The molecule has 0 atom stereocenters. The summed E-state index contributed by atoms with van der Waals surface area (Å²) in [5, 5.41) is 11.9. The summed E-state index contributed by atoms with van der Waals surface area (Å²) in [7, 11) is 1.73. The van der Waals surface area contributed by atoms with Crippen molar-refractivity contribution in [2.45, 2.75) is 13.3 Å². The van der Waals surface area contributed by atoms with Crippen LogP contribution >= 0.6 is 15.9 Å². The lowest BCUT2D eigenvalue weighted by molar-refractivity contribution is 0.0722. The fourth-order valence-electron chi connectivity index (χ4n) is 1.68. The highest BCUT2D eigenvalue weighted by atomic mass is 79.9. The number of nitrogens with one attached hydrogen (secondary N) is 1. The van der Waals surface area contributed by atoms with Crippen molar-refractivity contribution >= 4 is 27.7 Å². The number of aromatic nitrogens is 1. The van der Waals surface area contributed by atoms with E-state index in [0.717, 1.165) is 10.9 Å². The summed E-state index contributed by atoms with van der Waals surface area (Å²) in [6.07, 6.45) is 2.49. The van der Waals surface area contributed by atoms with Crippen LogP contribution in [0.2, 0.25) is 0 Å². The van der Waals surface area contributed by atoms with Crippen LogP contribution in [-0.4, -0.2) is 47.6 Å². The molecule has 1 amide bonds. The quantitative estimate of drug-likeness (QED) is 0.839. The van der Waals surface area contributed by atoms with Crippen molar-refractivity contribution in [3.63, 3.8) is 0 Å². The molecule has 100 valence electrons. The second-order valence-electron chi connectivity index (χ2n) is 3.82. The van der Waals surface area contributed by atoms with Crippen molar-refractivity contribution < 1.29 is 9.90 Å². The maximum atomic E-state index is 12.4. The standard InChI is InChI=1S/C12H18BrN3O2/c1-3-4-16(5-6-17)12(18)10-7-9(13)8-15-11(10)14-2/h7-8,17H,3-6H2,1-2H3,(H,14,15). The molecule has 0 saturated heterocycles. The zero-order valence-corrected chi connectivity index (χ0v) is 12.2. The van der Waals surface area contributed by atoms with Gasteiger partial charge in [0, 0.05) is 30.8 Å². The molecule has 0 aliphatic heterocycles. The Morgan fingerprint density at radius 2 is 2.28 bits per heavy atom. The van der Waals surface area contributed by atoms with Gasteiger partial charge >= 0.3 is 0 Å². The van der Waals surface area contributed by atoms with Gasteiger partial charge in [0.25, 0.3) is 5.91 Å². The van der Waals surface area contributed by atoms with Crippen molar-refractivity contribution in [1.29, 1.82) is 0 Å². The lowest BCUT2D eigenvalue weighted by Crippen LogP contribution is -2.34. The summed E-state index contributed by atoms with van der Waals surface area (Å²) in [5.41, 5.74) is 0.508. The molecule has 6 heteroatoms. The number of nitrogens with zero attached hydrogens (tertiary/aromatic N) is 2. The normalized spacial score (nSPS) is 10.2. The van der Waals surface area contributed by atoms with Gasteiger partial charge < -0.3 is 15.3 Å². The topological polar surface area (TPSA) is 65.5 Å². The molecule has 0 bridgehead atoms. The third-order valence-corrected chi connectivity index (χ3v) is 2.91.